The van der Waals surface area contributed by atoms with Crippen molar-refractivity contribution in [2.24, 2.45) is 0 Å². The van der Waals surface area contributed by atoms with Crippen molar-refractivity contribution in [1.29, 1.82) is 0 Å². The molecule has 1 heterocycles. The topological polar surface area (TPSA) is 28.4 Å². The van der Waals surface area contributed by atoms with Gasteiger partial charge in [-0.15, -0.1) is 0 Å². The molecule has 0 spiro atoms. The van der Waals surface area contributed by atoms with Crippen LogP contribution in [0.1, 0.15) is 64.9 Å². The van der Waals surface area contributed by atoms with Crippen LogP contribution < -0.4 is 5.32 Å². The Bertz CT molecular complexity index is 339. The van der Waals surface area contributed by atoms with Crippen molar-refractivity contribution >= 4 is 0 Å². The van der Waals surface area contributed by atoms with Crippen molar-refractivity contribution in [3.63, 3.8) is 0 Å². The lowest BCUT2D eigenvalue weighted by molar-refractivity contribution is 0.234. The summed E-state index contributed by atoms with van der Waals surface area (Å²) in [5.74, 6) is 2.14. The zero-order valence-corrected chi connectivity index (χ0v) is 13.7. The van der Waals surface area contributed by atoms with Crippen LogP contribution >= 0.6 is 0 Å². The van der Waals surface area contributed by atoms with Crippen LogP contribution in [-0.4, -0.2) is 24.0 Å². The van der Waals surface area contributed by atoms with E-state index < -0.39 is 0 Å². The molecule has 0 aliphatic heterocycles. The molecule has 0 aliphatic rings. The van der Waals surface area contributed by atoms with Gasteiger partial charge in [-0.1, -0.05) is 40.5 Å². The maximum Gasteiger partial charge on any atom is 0.118 e. The summed E-state index contributed by atoms with van der Waals surface area (Å²) in [5, 5.41) is 3.39. The standard InChI is InChI=1S/C17H32N2O/c1-5-7-11-19(12-8-6-2)14-17-10-9-16(20-17)13-18-15(3)4/h9-10,15,18H,5-8,11-14H2,1-4H3. The summed E-state index contributed by atoms with van der Waals surface area (Å²) in [7, 11) is 0. The van der Waals surface area contributed by atoms with Gasteiger partial charge >= 0.3 is 0 Å². The molecule has 0 saturated carbocycles. The Morgan fingerprint density at radius 2 is 1.65 bits per heavy atom. The lowest BCUT2D eigenvalue weighted by Crippen LogP contribution is -2.25. The molecule has 20 heavy (non-hydrogen) atoms. The molecule has 3 heteroatoms. The van der Waals surface area contributed by atoms with E-state index in [0.29, 0.717) is 6.04 Å². The van der Waals surface area contributed by atoms with E-state index in [2.05, 4.69) is 50.0 Å². The molecule has 0 amide bonds. The third-order valence-electron chi connectivity index (χ3n) is 3.44. The van der Waals surface area contributed by atoms with Gasteiger partial charge in [-0.3, -0.25) is 4.90 Å². The van der Waals surface area contributed by atoms with Gasteiger partial charge in [-0.05, 0) is 38.1 Å². The monoisotopic (exact) mass is 280 g/mol. The SMILES string of the molecule is CCCCN(CCCC)Cc1ccc(CNC(C)C)o1. The van der Waals surface area contributed by atoms with Gasteiger partial charge in [-0.2, -0.15) is 0 Å². The molecule has 0 bridgehead atoms. The molecule has 1 N–H and O–H groups in total. The molecule has 0 atom stereocenters. The highest BCUT2D eigenvalue weighted by Gasteiger charge is 2.09. The van der Waals surface area contributed by atoms with Crippen molar-refractivity contribution in [1.82, 2.24) is 10.2 Å². The molecule has 1 aromatic rings. The van der Waals surface area contributed by atoms with Crippen molar-refractivity contribution in [3.8, 4) is 0 Å². The first-order chi connectivity index (χ1) is 9.65. The van der Waals surface area contributed by atoms with Gasteiger partial charge in [0.2, 0.25) is 0 Å². The number of furan rings is 1. The van der Waals surface area contributed by atoms with E-state index in [1.807, 2.05) is 0 Å². The highest BCUT2D eigenvalue weighted by Crippen LogP contribution is 2.12. The number of unbranched alkanes of at least 4 members (excludes halogenated alkanes) is 2. The van der Waals surface area contributed by atoms with Gasteiger partial charge in [0, 0.05) is 6.04 Å². The minimum Gasteiger partial charge on any atom is -0.463 e. The minimum atomic E-state index is 0.495. The second-order valence-electron chi connectivity index (χ2n) is 5.89. The number of hydrogen-bond donors (Lipinski definition) is 1. The molecule has 116 valence electrons. The lowest BCUT2D eigenvalue weighted by atomic mass is 10.2. The highest BCUT2D eigenvalue weighted by molar-refractivity contribution is 5.07. The maximum absolute atomic E-state index is 5.92. The number of rotatable bonds is 11. The molecule has 0 fully saturated rings. The van der Waals surface area contributed by atoms with Crippen LogP contribution in [0.3, 0.4) is 0 Å². The Morgan fingerprint density at radius 3 is 2.20 bits per heavy atom. The molecule has 1 aromatic heterocycles. The fourth-order valence-electron chi connectivity index (χ4n) is 2.16. The van der Waals surface area contributed by atoms with Crippen LogP contribution in [0.15, 0.2) is 16.5 Å². The average molecular weight is 280 g/mol. The average Bonchev–Trinajstić information content (AvgIpc) is 2.87. The van der Waals surface area contributed by atoms with Crippen molar-refractivity contribution in [2.75, 3.05) is 13.1 Å². The Morgan fingerprint density at radius 1 is 1.05 bits per heavy atom. The lowest BCUT2D eigenvalue weighted by Gasteiger charge is -2.20. The van der Waals surface area contributed by atoms with Crippen LogP contribution in [0.4, 0.5) is 0 Å². The van der Waals surface area contributed by atoms with E-state index in [0.717, 1.165) is 24.6 Å². The van der Waals surface area contributed by atoms with E-state index in [4.69, 9.17) is 4.42 Å². The zero-order chi connectivity index (χ0) is 14.8. The van der Waals surface area contributed by atoms with E-state index in [1.165, 1.54) is 38.8 Å². The summed E-state index contributed by atoms with van der Waals surface area (Å²) in [6.07, 6.45) is 5.05. The van der Waals surface area contributed by atoms with Crippen LogP contribution in [-0.2, 0) is 13.1 Å². The number of nitrogens with one attached hydrogen (secondary N) is 1. The van der Waals surface area contributed by atoms with Crippen molar-refractivity contribution in [2.45, 2.75) is 72.5 Å². The predicted octanol–water partition coefficient (Wildman–Crippen LogP) is 4.18. The second-order valence-corrected chi connectivity index (χ2v) is 5.89. The fraction of sp³-hybridized carbons (Fsp3) is 0.765. The molecule has 0 saturated heterocycles. The first-order valence-corrected chi connectivity index (χ1v) is 8.19. The van der Waals surface area contributed by atoms with E-state index in [-0.39, 0.29) is 0 Å². The predicted molar refractivity (Wildman–Crippen MR) is 85.8 cm³/mol. The second kappa shape index (κ2) is 10.0. The first kappa shape index (κ1) is 17.3. The van der Waals surface area contributed by atoms with Gasteiger partial charge in [0.05, 0.1) is 13.1 Å². The molecular weight excluding hydrogens is 248 g/mol. The Hall–Kier alpha value is -0.800. The quantitative estimate of drug-likeness (QED) is 0.659. The Kier molecular flexibility index (Phi) is 8.63. The summed E-state index contributed by atoms with van der Waals surface area (Å²) in [5.41, 5.74) is 0. The van der Waals surface area contributed by atoms with Gasteiger partial charge in [0.15, 0.2) is 0 Å². The summed E-state index contributed by atoms with van der Waals surface area (Å²) < 4.78 is 5.92. The Balaban J connectivity index is 2.45. The molecule has 0 aliphatic carbocycles. The minimum absolute atomic E-state index is 0.495. The van der Waals surface area contributed by atoms with Gasteiger partial charge in [-0.25, -0.2) is 0 Å². The van der Waals surface area contributed by atoms with Crippen LogP contribution in [0.2, 0.25) is 0 Å². The summed E-state index contributed by atoms with van der Waals surface area (Å²) in [6.45, 7) is 12.9. The van der Waals surface area contributed by atoms with E-state index >= 15 is 0 Å². The molecule has 0 unspecified atom stereocenters. The number of hydrogen-bond acceptors (Lipinski definition) is 3. The van der Waals surface area contributed by atoms with E-state index in [1.54, 1.807) is 0 Å². The molecule has 3 nitrogen and oxygen atoms in total. The van der Waals surface area contributed by atoms with Crippen molar-refractivity contribution in [3.05, 3.63) is 23.7 Å². The number of nitrogens with zero attached hydrogens (tertiary/aromatic N) is 1. The van der Waals surface area contributed by atoms with Crippen LogP contribution in [0.5, 0.6) is 0 Å². The molecule has 0 aromatic carbocycles. The summed E-state index contributed by atoms with van der Waals surface area (Å²) >= 11 is 0. The summed E-state index contributed by atoms with van der Waals surface area (Å²) in [4.78, 5) is 2.52. The fourth-order valence-corrected chi connectivity index (χ4v) is 2.16. The third-order valence-corrected chi connectivity index (χ3v) is 3.44. The molecule has 1 rings (SSSR count). The largest absolute Gasteiger partial charge is 0.463 e. The molecular formula is C17H32N2O. The van der Waals surface area contributed by atoms with Gasteiger partial charge in [0.1, 0.15) is 11.5 Å². The highest BCUT2D eigenvalue weighted by atomic mass is 16.3. The zero-order valence-electron chi connectivity index (χ0n) is 13.7. The van der Waals surface area contributed by atoms with Crippen LogP contribution in [0, 0.1) is 0 Å². The Labute approximate surface area is 124 Å². The molecule has 0 radical (unpaired) electrons. The third kappa shape index (κ3) is 7.11. The van der Waals surface area contributed by atoms with E-state index in [9.17, 15) is 0 Å². The van der Waals surface area contributed by atoms with Crippen LogP contribution in [0.25, 0.3) is 0 Å². The van der Waals surface area contributed by atoms with Gasteiger partial charge < -0.3 is 9.73 Å². The summed E-state index contributed by atoms with van der Waals surface area (Å²) in [6, 6.07) is 4.72. The normalized spacial score (nSPS) is 11.7. The smallest absolute Gasteiger partial charge is 0.118 e. The first-order valence-electron chi connectivity index (χ1n) is 8.19. The van der Waals surface area contributed by atoms with Crippen molar-refractivity contribution < 1.29 is 4.42 Å². The maximum atomic E-state index is 5.92. The van der Waals surface area contributed by atoms with Gasteiger partial charge in [0.25, 0.3) is 0 Å².